The van der Waals surface area contributed by atoms with E-state index in [1.54, 1.807) is 0 Å². The molecule has 2 heterocycles. The Labute approximate surface area is 276 Å². The van der Waals surface area contributed by atoms with Gasteiger partial charge < -0.3 is 9.31 Å². The van der Waals surface area contributed by atoms with Crippen LogP contribution in [0.4, 0.5) is 0 Å². The molecule has 0 aliphatic carbocycles. The Balaban J connectivity index is 1.33. The second-order valence-electron chi connectivity index (χ2n) is 13.2. The summed E-state index contributed by atoms with van der Waals surface area (Å²) in [4.78, 5) is 10.1. The molecule has 0 N–H and O–H groups in total. The van der Waals surface area contributed by atoms with Gasteiger partial charge in [-0.15, -0.1) is 0 Å². The molecule has 0 unspecified atom stereocenters. The Bertz CT molecular complexity index is 2130. The Kier molecular flexibility index (Phi) is 7.05. The topological polar surface area (TPSA) is 44.2 Å². The average molecular weight is 611 g/mol. The molecule has 7 aromatic rings. The van der Waals surface area contributed by atoms with Crippen molar-refractivity contribution >= 4 is 34.1 Å². The van der Waals surface area contributed by atoms with Crippen molar-refractivity contribution in [2.75, 3.05) is 0 Å². The van der Waals surface area contributed by atoms with Gasteiger partial charge in [-0.1, -0.05) is 127 Å². The minimum absolute atomic E-state index is 0.443. The summed E-state index contributed by atoms with van der Waals surface area (Å²) in [6.07, 6.45) is 0. The Morgan fingerprint density at radius 1 is 0.447 bits per heavy atom. The Morgan fingerprint density at radius 2 is 0.894 bits per heavy atom. The number of fused-ring (bicyclic) bond motifs is 2. The van der Waals surface area contributed by atoms with E-state index < -0.39 is 18.3 Å². The zero-order valence-electron chi connectivity index (χ0n) is 27.1. The largest absolute Gasteiger partial charge is 0.496 e. The van der Waals surface area contributed by atoms with Crippen LogP contribution in [0.25, 0.3) is 66.6 Å². The van der Waals surface area contributed by atoms with E-state index in [2.05, 4.69) is 131 Å². The van der Waals surface area contributed by atoms with Gasteiger partial charge in [-0.05, 0) is 78.0 Å². The van der Waals surface area contributed by atoms with Gasteiger partial charge in [0.1, 0.15) is 0 Å². The number of nitrogens with zero attached hydrogens (tertiary/aromatic N) is 2. The molecule has 0 amide bonds. The molecule has 1 aromatic heterocycles. The summed E-state index contributed by atoms with van der Waals surface area (Å²) in [5.74, 6) is 0.704. The molecule has 228 valence electrons. The number of hydrogen-bond donors (Lipinski definition) is 0. The standard InChI is InChI=1S/C42H35BN2O2/c1-41(2)42(3,4)47-43(46-41)39-34-24-13-11-22-32(34)38(33-23-12-14-25-35(33)39)31-21-15-20-30(26-31)37-27-36(28-16-7-5-8-17-28)44-40(45-37)29-18-9-6-10-19-29/h5-27H,1-4H3. The maximum atomic E-state index is 6.65. The third-order valence-corrected chi connectivity index (χ3v) is 9.74. The monoisotopic (exact) mass is 610 g/mol. The van der Waals surface area contributed by atoms with E-state index in [-0.39, 0.29) is 0 Å². The molecule has 0 saturated carbocycles. The molecule has 1 saturated heterocycles. The van der Waals surface area contributed by atoms with Gasteiger partial charge in [-0.25, -0.2) is 9.97 Å². The average Bonchev–Trinajstić information content (AvgIpc) is 3.33. The zero-order chi connectivity index (χ0) is 32.2. The van der Waals surface area contributed by atoms with Gasteiger partial charge in [-0.2, -0.15) is 0 Å². The SMILES string of the molecule is CC1(C)OB(c2c3ccccc3c(-c3cccc(-c4cc(-c5ccccc5)nc(-c5ccccc5)n4)c3)c3ccccc23)OC1(C)C. The highest BCUT2D eigenvalue weighted by Crippen LogP contribution is 2.41. The summed E-state index contributed by atoms with van der Waals surface area (Å²) in [6.45, 7) is 8.43. The van der Waals surface area contributed by atoms with Gasteiger partial charge in [0.15, 0.2) is 5.82 Å². The van der Waals surface area contributed by atoms with Gasteiger partial charge in [0.05, 0.1) is 22.6 Å². The fraction of sp³-hybridized carbons (Fsp3) is 0.143. The molecule has 8 rings (SSSR count). The van der Waals surface area contributed by atoms with Crippen molar-refractivity contribution in [3.8, 4) is 45.0 Å². The molecule has 1 aliphatic heterocycles. The first-order chi connectivity index (χ1) is 22.8. The van der Waals surface area contributed by atoms with Crippen LogP contribution in [-0.4, -0.2) is 28.3 Å². The first kappa shape index (κ1) is 29.3. The Morgan fingerprint density at radius 3 is 1.47 bits per heavy atom. The van der Waals surface area contributed by atoms with Crippen LogP contribution in [0, 0.1) is 0 Å². The first-order valence-corrected chi connectivity index (χ1v) is 16.2. The van der Waals surface area contributed by atoms with Crippen molar-refractivity contribution in [1.82, 2.24) is 9.97 Å². The maximum Gasteiger partial charge on any atom is 0.496 e. The third-order valence-electron chi connectivity index (χ3n) is 9.74. The molecule has 1 fully saturated rings. The number of hydrogen-bond acceptors (Lipinski definition) is 4. The number of benzene rings is 6. The smallest absolute Gasteiger partial charge is 0.399 e. The molecule has 1 aliphatic rings. The summed E-state index contributed by atoms with van der Waals surface area (Å²) >= 11 is 0. The van der Waals surface area contributed by atoms with E-state index in [0.29, 0.717) is 5.82 Å². The van der Waals surface area contributed by atoms with E-state index in [4.69, 9.17) is 19.3 Å². The van der Waals surface area contributed by atoms with E-state index in [0.717, 1.165) is 60.6 Å². The predicted molar refractivity (Wildman–Crippen MR) is 195 cm³/mol. The number of rotatable bonds is 5. The number of aromatic nitrogens is 2. The normalized spacial score (nSPS) is 15.4. The van der Waals surface area contributed by atoms with Crippen molar-refractivity contribution in [2.24, 2.45) is 0 Å². The summed E-state index contributed by atoms with van der Waals surface area (Å²) in [6, 6.07) is 48.5. The molecular weight excluding hydrogens is 575 g/mol. The molecule has 47 heavy (non-hydrogen) atoms. The summed E-state index contributed by atoms with van der Waals surface area (Å²) < 4.78 is 13.3. The first-order valence-electron chi connectivity index (χ1n) is 16.2. The zero-order valence-corrected chi connectivity index (χ0v) is 27.1. The van der Waals surface area contributed by atoms with Crippen LogP contribution in [0.1, 0.15) is 27.7 Å². The molecule has 4 nitrogen and oxygen atoms in total. The van der Waals surface area contributed by atoms with Crippen LogP contribution >= 0.6 is 0 Å². The molecule has 0 atom stereocenters. The van der Waals surface area contributed by atoms with Crippen LogP contribution in [0.2, 0.25) is 0 Å². The summed E-state index contributed by atoms with van der Waals surface area (Å²) in [7, 11) is -0.482. The molecule has 0 radical (unpaired) electrons. The van der Waals surface area contributed by atoms with Crippen LogP contribution in [0.15, 0.2) is 140 Å². The molecule has 6 aromatic carbocycles. The lowest BCUT2D eigenvalue weighted by Crippen LogP contribution is -2.41. The lowest BCUT2D eigenvalue weighted by atomic mass is 9.71. The van der Waals surface area contributed by atoms with E-state index in [1.807, 2.05) is 36.4 Å². The van der Waals surface area contributed by atoms with Crippen molar-refractivity contribution in [3.63, 3.8) is 0 Å². The highest BCUT2D eigenvalue weighted by molar-refractivity contribution is 6.69. The highest BCUT2D eigenvalue weighted by atomic mass is 16.7. The minimum Gasteiger partial charge on any atom is -0.399 e. The van der Waals surface area contributed by atoms with Crippen molar-refractivity contribution < 1.29 is 9.31 Å². The van der Waals surface area contributed by atoms with Crippen LogP contribution < -0.4 is 5.46 Å². The highest BCUT2D eigenvalue weighted by Gasteiger charge is 2.52. The van der Waals surface area contributed by atoms with Crippen LogP contribution in [-0.2, 0) is 9.31 Å². The maximum absolute atomic E-state index is 6.65. The Hall–Kier alpha value is -5.10. The molecular formula is C42H35BN2O2. The summed E-state index contributed by atoms with van der Waals surface area (Å²) in [5.41, 5.74) is 7.33. The minimum atomic E-state index is -0.482. The fourth-order valence-electron chi connectivity index (χ4n) is 6.59. The quantitative estimate of drug-likeness (QED) is 0.144. The predicted octanol–water partition coefficient (Wildman–Crippen LogP) is 9.75. The van der Waals surface area contributed by atoms with Gasteiger partial charge >= 0.3 is 7.12 Å². The van der Waals surface area contributed by atoms with E-state index in [9.17, 15) is 0 Å². The van der Waals surface area contributed by atoms with Crippen molar-refractivity contribution in [2.45, 2.75) is 38.9 Å². The van der Waals surface area contributed by atoms with Gasteiger partial charge in [0.25, 0.3) is 0 Å². The molecule has 5 heteroatoms. The van der Waals surface area contributed by atoms with Gasteiger partial charge in [0.2, 0.25) is 0 Å². The van der Waals surface area contributed by atoms with E-state index in [1.165, 1.54) is 5.56 Å². The van der Waals surface area contributed by atoms with E-state index >= 15 is 0 Å². The van der Waals surface area contributed by atoms with Gasteiger partial charge in [0, 0.05) is 16.7 Å². The molecule has 0 spiro atoms. The fourth-order valence-corrected chi connectivity index (χ4v) is 6.59. The van der Waals surface area contributed by atoms with Crippen LogP contribution in [0.5, 0.6) is 0 Å². The third kappa shape index (κ3) is 5.13. The van der Waals surface area contributed by atoms with Crippen molar-refractivity contribution in [1.29, 1.82) is 0 Å². The second kappa shape index (κ2) is 11.3. The lowest BCUT2D eigenvalue weighted by molar-refractivity contribution is 0.00578. The lowest BCUT2D eigenvalue weighted by Gasteiger charge is -2.32. The summed E-state index contributed by atoms with van der Waals surface area (Å²) in [5, 5.41) is 4.58. The van der Waals surface area contributed by atoms with Gasteiger partial charge in [-0.3, -0.25) is 0 Å². The van der Waals surface area contributed by atoms with Crippen LogP contribution in [0.3, 0.4) is 0 Å². The second-order valence-corrected chi connectivity index (χ2v) is 13.2. The molecule has 0 bridgehead atoms. The van der Waals surface area contributed by atoms with Crippen molar-refractivity contribution in [3.05, 3.63) is 140 Å².